The second kappa shape index (κ2) is 9.43. The van der Waals surface area contributed by atoms with Gasteiger partial charge in [-0.3, -0.25) is 19.2 Å². The van der Waals surface area contributed by atoms with Gasteiger partial charge in [0.05, 0.1) is 11.8 Å². The van der Waals surface area contributed by atoms with Gasteiger partial charge in [0.15, 0.2) is 0 Å². The lowest BCUT2D eigenvalue weighted by molar-refractivity contribution is -0.133. The van der Waals surface area contributed by atoms with Gasteiger partial charge < -0.3 is 10.6 Å². The number of ketones is 2. The van der Waals surface area contributed by atoms with Crippen LogP contribution in [0.25, 0.3) is 0 Å². The molecule has 0 saturated heterocycles. The highest BCUT2D eigenvalue weighted by molar-refractivity contribution is 6.10. The summed E-state index contributed by atoms with van der Waals surface area (Å²) in [5.41, 5.74) is 1.09. The van der Waals surface area contributed by atoms with Gasteiger partial charge in [-0.15, -0.1) is 0 Å². The third-order valence-electron chi connectivity index (χ3n) is 4.17. The number of para-hydroxylation sites is 2. The molecule has 2 rings (SSSR count). The van der Waals surface area contributed by atoms with E-state index < -0.39 is 35.2 Å². The molecule has 2 aromatic carbocycles. The lowest BCUT2D eigenvalue weighted by atomic mass is 9.88. The van der Waals surface area contributed by atoms with E-state index in [9.17, 15) is 19.2 Å². The zero-order valence-electron chi connectivity index (χ0n) is 15.3. The SMILES string of the molecule is CC(=O)C(CC(C(C)=O)C(=O)Nc1ccccc1)C(=O)Nc1ccccc1. The van der Waals surface area contributed by atoms with Gasteiger partial charge in [0.1, 0.15) is 11.6 Å². The molecule has 0 bridgehead atoms. The first kappa shape index (κ1) is 20.0. The van der Waals surface area contributed by atoms with Gasteiger partial charge in [-0.25, -0.2) is 0 Å². The van der Waals surface area contributed by atoms with Gasteiger partial charge in [0.2, 0.25) is 11.8 Å². The van der Waals surface area contributed by atoms with Crippen LogP contribution in [0.4, 0.5) is 11.4 Å². The first-order valence-electron chi connectivity index (χ1n) is 8.61. The van der Waals surface area contributed by atoms with Gasteiger partial charge in [0.25, 0.3) is 0 Å². The topological polar surface area (TPSA) is 92.3 Å². The van der Waals surface area contributed by atoms with Crippen molar-refractivity contribution < 1.29 is 19.2 Å². The maximum absolute atomic E-state index is 12.5. The second-order valence-electron chi connectivity index (χ2n) is 6.27. The van der Waals surface area contributed by atoms with Gasteiger partial charge in [-0.05, 0) is 44.5 Å². The molecular weight excluding hydrogens is 344 g/mol. The Hall–Kier alpha value is -3.28. The molecule has 0 aromatic heterocycles. The highest BCUT2D eigenvalue weighted by atomic mass is 16.2. The van der Waals surface area contributed by atoms with Crippen LogP contribution in [0.5, 0.6) is 0 Å². The number of hydrogen-bond acceptors (Lipinski definition) is 4. The Morgan fingerprint density at radius 2 is 1.00 bits per heavy atom. The number of anilines is 2. The predicted molar refractivity (Wildman–Crippen MR) is 103 cm³/mol. The van der Waals surface area contributed by atoms with Crippen molar-refractivity contribution in [1.29, 1.82) is 0 Å². The van der Waals surface area contributed by atoms with E-state index in [1.165, 1.54) is 13.8 Å². The summed E-state index contributed by atoms with van der Waals surface area (Å²) in [6, 6.07) is 17.4. The van der Waals surface area contributed by atoms with Crippen LogP contribution in [0.3, 0.4) is 0 Å². The number of benzene rings is 2. The van der Waals surface area contributed by atoms with E-state index in [1.807, 2.05) is 0 Å². The largest absolute Gasteiger partial charge is 0.325 e. The number of Topliss-reactive ketones (excluding diaryl/α,β-unsaturated/α-hetero) is 2. The number of nitrogens with one attached hydrogen (secondary N) is 2. The van der Waals surface area contributed by atoms with E-state index >= 15 is 0 Å². The van der Waals surface area contributed by atoms with Crippen molar-refractivity contribution in [2.45, 2.75) is 20.3 Å². The summed E-state index contributed by atoms with van der Waals surface area (Å²) in [4.78, 5) is 49.1. The Kier molecular flexibility index (Phi) is 7.00. The highest BCUT2D eigenvalue weighted by Crippen LogP contribution is 2.20. The lowest BCUT2D eigenvalue weighted by Crippen LogP contribution is -2.36. The minimum absolute atomic E-state index is 0.179. The molecule has 2 N–H and O–H groups in total. The second-order valence-corrected chi connectivity index (χ2v) is 6.27. The standard InChI is InChI=1S/C21H22N2O4/c1-14(24)18(20(26)22-16-9-5-3-6-10-16)13-19(15(2)25)21(27)23-17-11-7-4-8-12-17/h3-12,18-19H,13H2,1-2H3,(H,22,26)(H,23,27). The van der Waals surface area contributed by atoms with Crippen LogP contribution in [0.1, 0.15) is 20.3 Å². The van der Waals surface area contributed by atoms with Crippen molar-refractivity contribution in [2.24, 2.45) is 11.8 Å². The fourth-order valence-electron chi connectivity index (χ4n) is 2.65. The highest BCUT2D eigenvalue weighted by Gasteiger charge is 2.33. The fourth-order valence-corrected chi connectivity index (χ4v) is 2.65. The average Bonchev–Trinajstić information content (AvgIpc) is 2.63. The molecular formula is C21H22N2O4. The molecule has 0 aliphatic heterocycles. The molecule has 6 heteroatoms. The Morgan fingerprint density at radius 3 is 1.30 bits per heavy atom. The van der Waals surface area contributed by atoms with Gasteiger partial charge in [-0.2, -0.15) is 0 Å². The fraction of sp³-hybridized carbons (Fsp3) is 0.238. The molecule has 0 spiro atoms. The van der Waals surface area contributed by atoms with Gasteiger partial charge in [-0.1, -0.05) is 36.4 Å². The molecule has 2 amide bonds. The van der Waals surface area contributed by atoms with Crippen molar-refractivity contribution in [1.82, 2.24) is 0 Å². The van der Waals surface area contributed by atoms with Crippen LogP contribution in [-0.4, -0.2) is 23.4 Å². The van der Waals surface area contributed by atoms with Crippen LogP contribution in [-0.2, 0) is 19.2 Å². The number of hydrogen-bond donors (Lipinski definition) is 2. The molecule has 140 valence electrons. The van der Waals surface area contributed by atoms with Crippen LogP contribution in [0.15, 0.2) is 60.7 Å². The lowest BCUT2D eigenvalue weighted by Gasteiger charge is -2.19. The quantitative estimate of drug-likeness (QED) is 0.702. The Morgan fingerprint density at radius 1 is 0.667 bits per heavy atom. The molecule has 27 heavy (non-hydrogen) atoms. The third-order valence-corrected chi connectivity index (χ3v) is 4.17. The van der Waals surface area contributed by atoms with E-state index in [-0.39, 0.29) is 6.42 Å². The molecule has 2 unspecified atom stereocenters. The number of rotatable bonds is 8. The third kappa shape index (κ3) is 5.88. The number of carbonyl (C=O) groups is 4. The van der Waals surface area contributed by atoms with Gasteiger partial charge in [0, 0.05) is 11.4 Å². The Bertz CT molecular complexity index is 749. The Balaban J connectivity index is 2.12. The van der Waals surface area contributed by atoms with Crippen LogP contribution in [0.2, 0.25) is 0 Å². The van der Waals surface area contributed by atoms with Crippen molar-refractivity contribution in [3.63, 3.8) is 0 Å². The molecule has 0 fully saturated rings. The first-order valence-corrected chi connectivity index (χ1v) is 8.61. The van der Waals surface area contributed by atoms with Crippen molar-refractivity contribution in [3.8, 4) is 0 Å². The number of carbonyl (C=O) groups excluding carboxylic acids is 4. The minimum Gasteiger partial charge on any atom is -0.325 e. The maximum atomic E-state index is 12.5. The zero-order valence-corrected chi connectivity index (χ0v) is 15.3. The van der Waals surface area contributed by atoms with E-state index in [2.05, 4.69) is 10.6 Å². The molecule has 0 aliphatic rings. The molecule has 0 saturated carbocycles. The Labute approximate surface area is 158 Å². The first-order chi connectivity index (χ1) is 12.9. The van der Waals surface area contributed by atoms with Crippen molar-refractivity contribution in [3.05, 3.63) is 60.7 Å². The summed E-state index contributed by atoms with van der Waals surface area (Å²) in [6.07, 6.45) is -0.179. The molecule has 0 aliphatic carbocycles. The van der Waals surface area contributed by atoms with Crippen molar-refractivity contribution in [2.75, 3.05) is 10.6 Å². The number of amides is 2. The summed E-state index contributed by atoms with van der Waals surface area (Å²) >= 11 is 0. The normalized spacial score (nSPS) is 12.5. The minimum atomic E-state index is -1.10. The average molecular weight is 366 g/mol. The summed E-state index contributed by atoms with van der Waals surface area (Å²) < 4.78 is 0. The zero-order chi connectivity index (χ0) is 19.8. The van der Waals surface area contributed by atoms with E-state index in [4.69, 9.17) is 0 Å². The van der Waals surface area contributed by atoms with Gasteiger partial charge >= 0.3 is 0 Å². The van der Waals surface area contributed by atoms with Crippen LogP contribution in [0, 0.1) is 11.8 Å². The van der Waals surface area contributed by atoms with E-state index in [1.54, 1.807) is 60.7 Å². The van der Waals surface area contributed by atoms with E-state index in [0.29, 0.717) is 11.4 Å². The summed E-state index contributed by atoms with van der Waals surface area (Å²) in [5.74, 6) is -4.06. The smallest absolute Gasteiger partial charge is 0.234 e. The maximum Gasteiger partial charge on any atom is 0.234 e. The molecule has 2 atom stereocenters. The predicted octanol–water partition coefficient (Wildman–Crippen LogP) is 3.06. The van der Waals surface area contributed by atoms with Crippen LogP contribution >= 0.6 is 0 Å². The summed E-state index contributed by atoms with van der Waals surface area (Å²) in [7, 11) is 0. The van der Waals surface area contributed by atoms with Crippen molar-refractivity contribution >= 4 is 34.8 Å². The monoisotopic (exact) mass is 366 g/mol. The molecule has 2 aromatic rings. The van der Waals surface area contributed by atoms with E-state index in [0.717, 1.165) is 0 Å². The molecule has 6 nitrogen and oxygen atoms in total. The van der Waals surface area contributed by atoms with Crippen LogP contribution < -0.4 is 10.6 Å². The summed E-state index contributed by atoms with van der Waals surface area (Å²) in [6.45, 7) is 2.56. The summed E-state index contributed by atoms with van der Waals surface area (Å²) in [5, 5.41) is 5.31. The molecule has 0 heterocycles. The molecule has 0 radical (unpaired) electrons.